The molecule has 0 aliphatic rings. The number of hydrogen-bond donors (Lipinski definition) is 2. The summed E-state index contributed by atoms with van der Waals surface area (Å²) in [6.07, 6.45) is -4.97. The number of halogens is 5. The molecule has 3 aromatic rings. The van der Waals surface area contributed by atoms with Crippen molar-refractivity contribution in [3.63, 3.8) is 0 Å². The second-order valence-electron chi connectivity index (χ2n) is 6.16. The van der Waals surface area contributed by atoms with E-state index >= 15 is 0 Å². The van der Waals surface area contributed by atoms with Gasteiger partial charge in [0.25, 0.3) is 5.91 Å². The average Bonchev–Trinajstić information content (AvgIpc) is 3.11. The topological polar surface area (TPSA) is 94.3 Å². The third-order valence-corrected chi connectivity index (χ3v) is 4.92. The van der Waals surface area contributed by atoms with Crippen molar-refractivity contribution in [2.75, 3.05) is 6.54 Å². The van der Waals surface area contributed by atoms with E-state index < -0.39 is 41.7 Å². The van der Waals surface area contributed by atoms with Gasteiger partial charge in [-0.3, -0.25) is 9.59 Å². The van der Waals surface area contributed by atoms with Gasteiger partial charge in [-0.05, 0) is 30.3 Å². The van der Waals surface area contributed by atoms with Crippen LogP contribution in [0.25, 0.3) is 10.2 Å². The summed E-state index contributed by atoms with van der Waals surface area (Å²) in [5.74, 6) is -1.01. The summed E-state index contributed by atoms with van der Waals surface area (Å²) in [5.41, 5.74) is 5.03. The van der Waals surface area contributed by atoms with Crippen LogP contribution in [0.15, 0.2) is 30.3 Å². The number of rotatable bonds is 5. The number of aromatic nitrogens is 1. The van der Waals surface area contributed by atoms with Crippen LogP contribution in [0.3, 0.4) is 0 Å². The van der Waals surface area contributed by atoms with E-state index in [1.54, 1.807) is 23.5 Å². The molecule has 166 valence electrons. The number of carbonyl (C=O) groups excluding carboxylic acids is 2. The van der Waals surface area contributed by atoms with Crippen molar-refractivity contribution in [2.24, 2.45) is 5.73 Å². The van der Waals surface area contributed by atoms with Crippen LogP contribution in [0.5, 0.6) is 5.75 Å². The molecule has 1 heterocycles. The van der Waals surface area contributed by atoms with Gasteiger partial charge in [0.1, 0.15) is 23.0 Å². The Labute approximate surface area is 181 Å². The summed E-state index contributed by atoms with van der Waals surface area (Å²) < 4.78 is 70.1. The first-order valence-electron chi connectivity index (χ1n) is 8.70. The zero-order valence-electron chi connectivity index (χ0n) is 15.8. The smallest absolute Gasteiger partial charge is 0.471 e. The average molecular weight is 469 g/mol. The second-order valence-corrected chi connectivity index (χ2v) is 7.27. The van der Waals surface area contributed by atoms with E-state index in [-0.39, 0.29) is 12.4 Å². The van der Waals surface area contributed by atoms with Crippen LogP contribution in [0.4, 0.5) is 22.0 Å². The van der Waals surface area contributed by atoms with Gasteiger partial charge in [0, 0.05) is 5.56 Å². The molecule has 1 aromatic heterocycles. The molecule has 0 saturated heterocycles. The predicted molar refractivity (Wildman–Crippen MR) is 105 cm³/mol. The number of carbonyl (C=O) groups is 2. The lowest BCUT2D eigenvalue weighted by Gasteiger charge is -2.08. The predicted octanol–water partition coefficient (Wildman–Crippen LogP) is 3.28. The van der Waals surface area contributed by atoms with E-state index in [2.05, 4.69) is 16.8 Å². The zero-order valence-corrected chi connectivity index (χ0v) is 16.7. The largest absolute Gasteiger partial charge is 0.483 e. The van der Waals surface area contributed by atoms with Gasteiger partial charge >= 0.3 is 12.1 Å². The van der Waals surface area contributed by atoms with E-state index in [4.69, 9.17) is 10.5 Å². The summed E-state index contributed by atoms with van der Waals surface area (Å²) in [4.78, 5) is 26.2. The number of amides is 2. The zero-order chi connectivity index (χ0) is 23.5. The number of fused-ring (bicyclic) bond motifs is 1. The van der Waals surface area contributed by atoms with Crippen molar-refractivity contribution in [3.05, 3.63) is 58.1 Å². The van der Waals surface area contributed by atoms with Crippen LogP contribution < -0.4 is 15.8 Å². The van der Waals surface area contributed by atoms with Crippen LogP contribution in [0.1, 0.15) is 20.9 Å². The number of primary amides is 1. The molecule has 12 heteroatoms. The minimum atomic E-state index is -4.97. The van der Waals surface area contributed by atoms with Gasteiger partial charge in [-0.2, -0.15) is 13.2 Å². The minimum Gasteiger partial charge on any atom is -0.483 e. The molecular weight excluding hydrogens is 457 g/mol. The molecule has 3 rings (SSSR count). The SMILES string of the molecule is NC(=O)c1c(F)ccc(OCc2nc3cc(C#CCNC(=O)C(F)(F)F)ccc3s2)c1F. The number of alkyl halides is 3. The van der Waals surface area contributed by atoms with Crippen molar-refractivity contribution >= 4 is 33.4 Å². The number of nitrogens with zero attached hydrogens (tertiary/aromatic N) is 1. The van der Waals surface area contributed by atoms with Crippen molar-refractivity contribution < 1.29 is 36.3 Å². The number of benzene rings is 2. The Hall–Kier alpha value is -3.72. The first-order valence-corrected chi connectivity index (χ1v) is 9.52. The van der Waals surface area contributed by atoms with Crippen LogP contribution >= 0.6 is 11.3 Å². The van der Waals surface area contributed by atoms with E-state index in [9.17, 15) is 31.5 Å². The highest BCUT2D eigenvalue weighted by atomic mass is 32.1. The highest BCUT2D eigenvalue weighted by Crippen LogP contribution is 2.27. The van der Waals surface area contributed by atoms with Gasteiger partial charge in [-0.25, -0.2) is 13.8 Å². The van der Waals surface area contributed by atoms with Crippen molar-refractivity contribution in [1.29, 1.82) is 0 Å². The maximum Gasteiger partial charge on any atom is 0.471 e. The lowest BCUT2D eigenvalue weighted by atomic mass is 10.2. The summed E-state index contributed by atoms with van der Waals surface area (Å²) in [5, 5.41) is 2.07. The Bertz CT molecular complexity index is 1260. The molecule has 0 radical (unpaired) electrons. The van der Waals surface area contributed by atoms with Gasteiger partial charge in [0.15, 0.2) is 11.6 Å². The van der Waals surface area contributed by atoms with Crippen LogP contribution in [0, 0.1) is 23.5 Å². The summed E-state index contributed by atoms with van der Waals surface area (Å²) >= 11 is 1.23. The van der Waals surface area contributed by atoms with E-state index in [0.717, 1.165) is 16.8 Å². The maximum absolute atomic E-state index is 14.2. The number of nitrogens with one attached hydrogen (secondary N) is 1. The monoisotopic (exact) mass is 469 g/mol. The van der Waals surface area contributed by atoms with Gasteiger partial charge in [0.2, 0.25) is 0 Å². The fraction of sp³-hybridized carbons (Fsp3) is 0.150. The second kappa shape index (κ2) is 9.19. The highest BCUT2D eigenvalue weighted by molar-refractivity contribution is 7.18. The number of nitrogens with two attached hydrogens (primary N) is 1. The van der Waals surface area contributed by atoms with Gasteiger partial charge < -0.3 is 15.8 Å². The Kier molecular flexibility index (Phi) is 6.59. The molecule has 0 aliphatic carbocycles. The summed E-state index contributed by atoms with van der Waals surface area (Å²) in [7, 11) is 0. The van der Waals surface area contributed by atoms with E-state index in [1.165, 1.54) is 11.3 Å². The fourth-order valence-corrected chi connectivity index (χ4v) is 3.36. The number of ether oxygens (including phenoxy) is 1. The van der Waals surface area contributed by atoms with Crippen molar-refractivity contribution in [3.8, 4) is 17.6 Å². The van der Waals surface area contributed by atoms with Gasteiger partial charge in [-0.15, -0.1) is 11.3 Å². The Morgan fingerprint density at radius 3 is 2.62 bits per heavy atom. The highest BCUT2D eigenvalue weighted by Gasteiger charge is 2.38. The van der Waals surface area contributed by atoms with Crippen molar-refractivity contribution in [2.45, 2.75) is 12.8 Å². The van der Waals surface area contributed by atoms with E-state index in [1.807, 2.05) is 0 Å². The molecule has 0 aliphatic heterocycles. The Balaban J connectivity index is 1.69. The van der Waals surface area contributed by atoms with Gasteiger partial charge in [0.05, 0.1) is 16.8 Å². The van der Waals surface area contributed by atoms with Crippen molar-refractivity contribution in [1.82, 2.24) is 10.3 Å². The molecule has 0 fully saturated rings. The summed E-state index contributed by atoms with van der Waals surface area (Å²) in [6.45, 7) is -0.659. The number of hydrogen-bond acceptors (Lipinski definition) is 5. The molecule has 0 unspecified atom stereocenters. The van der Waals surface area contributed by atoms with Crippen LogP contribution in [0.2, 0.25) is 0 Å². The molecule has 6 nitrogen and oxygen atoms in total. The fourth-order valence-electron chi connectivity index (χ4n) is 2.50. The first kappa shape index (κ1) is 23.0. The molecule has 3 N–H and O–H groups in total. The first-order chi connectivity index (χ1) is 15.1. The molecule has 32 heavy (non-hydrogen) atoms. The summed E-state index contributed by atoms with van der Waals surface area (Å²) in [6, 6.07) is 6.76. The molecule has 2 aromatic carbocycles. The minimum absolute atomic E-state index is 0.176. The van der Waals surface area contributed by atoms with E-state index in [0.29, 0.717) is 16.1 Å². The molecule has 0 atom stereocenters. The normalized spacial score (nSPS) is 11.0. The molecule has 0 spiro atoms. The molecular formula is C20H12F5N3O3S. The molecule has 0 bridgehead atoms. The van der Waals surface area contributed by atoms with Gasteiger partial charge in [-0.1, -0.05) is 11.8 Å². The lowest BCUT2D eigenvalue weighted by Crippen LogP contribution is -2.36. The molecule has 2 amide bonds. The third kappa shape index (κ3) is 5.30. The third-order valence-electron chi connectivity index (χ3n) is 3.91. The quantitative estimate of drug-likeness (QED) is 0.443. The standard InChI is InChI=1S/C20H12F5N3O3S/c21-11-4-5-13(17(22)16(11)18(26)29)31-9-15-28-12-8-10(3-6-14(12)32-15)2-1-7-27-19(30)20(23,24)25/h3-6,8H,7,9H2,(H2,26,29)(H,27,30). The molecule has 0 saturated carbocycles. The Morgan fingerprint density at radius 1 is 1.19 bits per heavy atom. The maximum atomic E-state index is 14.2. The van der Waals surface area contributed by atoms with Crippen LogP contribution in [-0.4, -0.2) is 29.5 Å². The van der Waals surface area contributed by atoms with Crippen LogP contribution in [-0.2, 0) is 11.4 Å². The lowest BCUT2D eigenvalue weighted by molar-refractivity contribution is -0.173. The number of thiazole rings is 1. The Morgan fingerprint density at radius 2 is 1.94 bits per heavy atom.